The first-order chi connectivity index (χ1) is 18.5. The standard InChI is InChI=1S/C22H30.C13H23N.C2H6/c1-5-12-19-13-10-11-16-21(19)22(17-6-2,18(3)4)20-14-8-7-9-15-20;1-5-9-10-13(8-4)14(11-6-2)12-7-3;1-2/h7-11,13-16,18H,5-6,12,17H2,1-4H3;5,8-10H,4,6-7,11-12H2,1-3H3;1-2H3/b;9-5-,13-10+;. The minimum absolute atomic E-state index is 0.127. The van der Waals surface area contributed by atoms with E-state index in [1.807, 2.05) is 32.9 Å². The third kappa shape index (κ3) is 10.7. The molecule has 0 radical (unpaired) electrons. The molecule has 2 aromatic carbocycles. The van der Waals surface area contributed by atoms with Gasteiger partial charge >= 0.3 is 0 Å². The maximum atomic E-state index is 3.86. The van der Waals surface area contributed by atoms with Crippen molar-refractivity contribution in [1.29, 1.82) is 0 Å². The second-order valence-corrected chi connectivity index (χ2v) is 9.96. The first kappa shape index (κ1) is 35.5. The molecule has 1 heteroatoms. The van der Waals surface area contributed by atoms with Gasteiger partial charge in [0.15, 0.2) is 0 Å². The van der Waals surface area contributed by atoms with Gasteiger partial charge in [0.25, 0.3) is 0 Å². The van der Waals surface area contributed by atoms with Crippen LogP contribution in [0.25, 0.3) is 0 Å². The average Bonchev–Trinajstić information content (AvgIpc) is 2.95. The van der Waals surface area contributed by atoms with Gasteiger partial charge in [0.2, 0.25) is 0 Å². The van der Waals surface area contributed by atoms with Crippen molar-refractivity contribution in [1.82, 2.24) is 4.90 Å². The Bertz CT molecular complexity index is 899. The van der Waals surface area contributed by atoms with Gasteiger partial charge in [-0.05, 0) is 67.4 Å². The van der Waals surface area contributed by atoms with E-state index in [2.05, 4.69) is 120 Å². The molecule has 0 aliphatic heterocycles. The van der Waals surface area contributed by atoms with Gasteiger partial charge in [-0.3, -0.25) is 0 Å². The fourth-order valence-electron chi connectivity index (χ4n) is 5.35. The molecule has 38 heavy (non-hydrogen) atoms. The van der Waals surface area contributed by atoms with Gasteiger partial charge in [-0.2, -0.15) is 0 Å². The van der Waals surface area contributed by atoms with Crippen LogP contribution < -0.4 is 0 Å². The Morgan fingerprint density at radius 2 is 1.42 bits per heavy atom. The summed E-state index contributed by atoms with van der Waals surface area (Å²) in [6.45, 7) is 25.9. The van der Waals surface area contributed by atoms with Crippen molar-refractivity contribution in [3.05, 3.63) is 108 Å². The lowest BCUT2D eigenvalue weighted by molar-refractivity contribution is 0.339. The predicted molar refractivity (Wildman–Crippen MR) is 174 cm³/mol. The molecule has 0 aliphatic carbocycles. The summed E-state index contributed by atoms with van der Waals surface area (Å²) in [6.07, 6.45) is 15.3. The minimum atomic E-state index is 0.127. The molecule has 0 saturated heterocycles. The lowest BCUT2D eigenvalue weighted by Gasteiger charge is -2.40. The molecule has 1 unspecified atom stereocenters. The molecule has 1 nitrogen and oxygen atoms in total. The smallest absolute Gasteiger partial charge is 0.0360 e. The number of aryl methyl sites for hydroxylation is 1. The fourth-order valence-corrected chi connectivity index (χ4v) is 5.35. The second kappa shape index (κ2) is 21.4. The molecule has 0 fully saturated rings. The predicted octanol–water partition coefficient (Wildman–Crippen LogP) is 11.2. The summed E-state index contributed by atoms with van der Waals surface area (Å²) < 4.78 is 0. The van der Waals surface area contributed by atoms with E-state index in [0.29, 0.717) is 5.92 Å². The summed E-state index contributed by atoms with van der Waals surface area (Å²) >= 11 is 0. The summed E-state index contributed by atoms with van der Waals surface area (Å²) in [5.74, 6) is 0.577. The van der Waals surface area contributed by atoms with Gasteiger partial charge < -0.3 is 4.90 Å². The van der Waals surface area contributed by atoms with Crippen molar-refractivity contribution in [3.8, 4) is 0 Å². The third-order valence-corrected chi connectivity index (χ3v) is 6.96. The SMILES string of the molecule is C=C/C(=C\C=C/C)N(CCC)CCC.CC.CCCc1ccccc1C(CCC)(c1ccccc1)C(C)C. The van der Waals surface area contributed by atoms with Crippen LogP contribution in [-0.4, -0.2) is 18.0 Å². The Hall–Kier alpha value is -2.54. The van der Waals surface area contributed by atoms with Crippen LogP contribution in [0.1, 0.15) is 111 Å². The van der Waals surface area contributed by atoms with Crippen molar-refractivity contribution in [2.75, 3.05) is 13.1 Å². The van der Waals surface area contributed by atoms with E-state index in [1.54, 1.807) is 5.56 Å². The van der Waals surface area contributed by atoms with Crippen LogP contribution in [-0.2, 0) is 11.8 Å². The van der Waals surface area contributed by atoms with Crippen LogP contribution in [0.3, 0.4) is 0 Å². The second-order valence-electron chi connectivity index (χ2n) is 9.96. The van der Waals surface area contributed by atoms with Crippen LogP contribution >= 0.6 is 0 Å². The lowest BCUT2D eigenvalue weighted by atomic mass is 9.63. The van der Waals surface area contributed by atoms with Gasteiger partial charge in [0.05, 0.1) is 0 Å². The van der Waals surface area contributed by atoms with Gasteiger partial charge in [0, 0.05) is 24.2 Å². The highest BCUT2D eigenvalue weighted by atomic mass is 15.1. The Morgan fingerprint density at radius 1 is 0.842 bits per heavy atom. The van der Waals surface area contributed by atoms with E-state index in [1.165, 1.54) is 55.3 Å². The summed E-state index contributed by atoms with van der Waals surface area (Å²) in [5.41, 5.74) is 5.89. The monoisotopic (exact) mass is 517 g/mol. The van der Waals surface area contributed by atoms with E-state index in [-0.39, 0.29) is 5.41 Å². The topological polar surface area (TPSA) is 3.24 Å². The number of nitrogens with zero attached hydrogens (tertiary/aromatic N) is 1. The molecule has 0 amide bonds. The first-order valence-electron chi connectivity index (χ1n) is 15.3. The molecular weight excluding hydrogens is 458 g/mol. The molecule has 0 spiro atoms. The molecule has 0 heterocycles. The number of benzene rings is 2. The van der Waals surface area contributed by atoms with E-state index >= 15 is 0 Å². The first-order valence-corrected chi connectivity index (χ1v) is 15.3. The maximum Gasteiger partial charge on any atom is 0.0360 e. The minimum Gasteiger partial charge on any atom is -0.372 e. The van der Waals surface area contributed by atoms with Crippen molar-refractivity contribution in [2.45, 2.75) is 106 Å². The summed E-state index contributed by atoms with van der Waals surface area (Å²) in [4.78, 5) is 2.38. The highest BCUT2D eigenvalue weighted by Gasteiger charge is 2.37. The van der Waals surface area contributed by atoms with Gasteiger partial charge in [0.1, 0.15) is 0 Å². The molecule has 212 valence electrons. The average molecular weight is 518 g/mol. The zero-order valence-electron chi connectivity index (χ0n) is 26.4. The van der Waals surface area contributed by atoms with E-state index in [9.17, 15) is 0 Å². The molecular formula is C37H59N. The van der Waals surface area contributed by atoms with E-state index in [0.717, 1.165) is 13.1 Å². The molecule has 0 saturated carbocycles. The Kier molecular flexibility index (Phi) is 20.0. The molecule has 0 bridgehead atoms. The number of allylic oxidation sites excluding steroid dienone is 4. The Balaban J connectivity index is 0.000000743. The van der Waals surface area contributed by atoms with E-state index < -0.39 is 0 Å². The highest BCUT2D eigenvalue weighted by molar-refractivity contribution is 5.44. The third-order valence-electron chi connectivity index (χ3n) is 6.96. The van der Waals surface area contributed by atoms with Gasteiger partial charge in [-0.1, -0.05) is 142 Å². The number of rotatable bonds is 14. The van der Waals surface area contributed by atoms with Crippen LogP contribution in [0.2, 0.25) is 0 Å². The van der Waals surface area contributed by atoms with Crippen molar-refractivity contribution < 1.29 is 0 Å². The highest BCUT2D eigenvalue weighted by Crippen LogP contribution is 2.44. The maximum absolute atomic E-state index is 3.86. The fraction of sp³-hybridized carbons (Fsp3) is 0.514. The largest absolute Gasteiger partial charge is 0.372 e. The zero-order valence-corrected chi connectivity index (χ0v) is 26.4. The van der Waals surface area contributed by atoms with Gasteiger partial charge in [-0.15, -0.1) is 0 Å². The Morgan fingerprint density at radius 3 is 1.89 bits per heavy atom. The van der Waals surface area contributed by atoms with Crippen LogP contribution in [0.5, 0.6) is 0 Å². The van der Waals surface area contributed by atoms with Crippen LogP contribution in [0, 0.1) is 5.92 Å². The molecule has 2 aromatic rings. The van der Waals surface area contributed by atoms with Crippen molar-refractivity contribution >= 4 is 0 Å². The summed E-state index contributed by atoms with van der Waals surface area (Å²) in [6, 6.07) is 20.2. The van der Waals surface area contributed by atoms with Gasteiger partial charge in [-0.25, -0.2) is 0 Å². The molecule has 0 N–H and O–H groups in total. The molecule has 2 rings (SSSR count). The summed E-state index contributed by atoms with van der Waals surface area (Å²) in [5, 5.41) is 0. The lowest BCUT2D eigenvalue weighted by Crippen LogP contribution is -2.34. The summed E-state index contributed by atoms with van der Waals surface area (Å²) in [7, 11) is 0. The number of hydrogen-bond acceptors (Lipinski definition) is 1. The van der Waals surface area contributed by atoms with Crippen LogP contribution in [0.15, 0.2) is 91.2 Å². The number of hydrogen-bond donors (Lipinski definition) is 0. The van der Waals surface area contributed by atoms with E-state index in [4.69, 9.17) is 0 Å². The quantitative estimate of drug-likeness (QED) is 0.225. The molecule has 1 atom stereocenters. The van der Waals surface area contributed by atoms with Crippen LogP contribution in [0.4, 0.5) is 0 Å². The molecule has 0 aromatic heterocycles. The van der Waals surface area contributed by atoms with Crippen molar-refractivity contribution in [2.24, 2.45) is 5.92 Å². The van der Waals surface area contributed by atoms with Crippen molar-refractivity contribution in [3.63, 3.8) is 0 Å². The Labute approximate surface area is 237 Å². The normalized spacial score (nSPS) is 12.7. The molecule has 0 aliphatic rings. The zero-order chi connectivity index (χ0) is 28.8.